The number of fused-ring (bicyclic) bond motifs is 1. The second-order valence-electron chi connectivity index (χ2n) is 8.93. The molecular formula is C27H31N3O4. The Morgan fingerprint density at radius 3 is 2.41 bits per heavy atom. The molecule has 2 aromatic carbocycles. The molecule has 1 saturated heterocycles. The summed E-state index contributed by atoms with van der Waals surface area (Å²) in [7, 11) is 0. The van der Waals surface area contributed by atoms with Crippen LogP contribution in [0.2, 0.25) is 0 Å². The van der Waals surface area contributed by atoms with E-state index in [4.69, 9.17) is 4.74 Å². The van der Waals surface area contributed by atoms with Crippen LogP contribution >= 0.6 is 0 Å². The first-order valence-electron chi connectivity index (χ1n) is 11.8. The van der Waals surface area contributed by atoms with E-state index in [1.807, 2.05) is 38.1 Å². The van der Waals surface area contributed by atoms with Crippen LogP contribution < -0.4 is 10.9 Å². The molecule has 0 bridgehead atoms. The predicted molar refractivity (Wildman–Crippen MR) is 133 cm³/mol. The van der Waals surface area contributed by atoms with Gasteiger partial charge in [0.05, 0.1) is 13.0 Å². The van der Waals surface area contributed by atoms with Gasteiger partial charge >= 0.3 is 6.09 Å². The van der Waals surface area contributed by atoms with Gasteiger partial charge in [0.25, 0.3) is 5.56 Å². The van der Waals surface area contributed by atoms with Crippen molar-refractivity contribution in [1.29, 1.82) is 0 Å². The van der Waals surface area contributed by atoms with E-state index in [9.17, 15) is 14.4 Å². The number of aromatic nitrogens is 1. The zero-order valence-electron chi connectivity index (χ0n) is 20.0. The molecule has 4 rings (SSSR count). The van der Waals surface area contributed by atoms with Gasteiger partial charge in [-0.3, -0.25) is 9.59 Å². The summed E-state index contributed by atoms with van der Waals surface area (Å²) in [5.41, 5.74) is 3.76. The van der Waals surface area contributed by atoms with Crippen LogP contribution in [0.5, 0.6) is 0 Å². The highest BCUT2D eigenvalue weighted by Crippen LogP contribution is 2.25. The zero-order chi connectivity index (χ0) is 24.2. The number of aryl methyl sites for hydroxylation is 2. The Labute approximate surface area is 199 Å². The van der Waals surface area contributed by atoms with Gasteiger partial charge in [-0.2, -0.15) is 0 Å². The topological polar surface area (TPSA) is 80.6 Å². The van der Waals surface area contributed by atoms with Crippen molar-refractivity contribution in [3.8, 4) is 0 Å². The molecule has 1 aliphatic rings. The normalized spacial score (nSPS) is 14.3. The number of amides is 2. The van der Waals surface area contributed by atoms with Crippen LogP contribution in [0.4, 0.5) is 10.5 Å². The monoisotopic (exact) mass is 461 g/mol. The lowest BCUT2D eigenvalue weighted by Gasteiger charge is -2.32. The van der Waals surface area contributed by atoms with E-state index in [1.165, 1.54) is 0 Å². The number of hydrogen-bond donors (Lipinski definition) is 1. The molecule has 1 aliphatic heterocycles. The minimum atomic E-state index is -0.298. The average molecular weight is 462 g/mol. The van der Waals surface area contributed by atoms with Gasteiger partial charge in [0.15, 0.2) is 0 Å². The van der Waals surface area contributed by atoms with E-state index in [-0.39, 0.29) is 30.0 Å². The quantitative estimate of drug-likeness (QED) is 0.603. The number of nitrogens with zero attached hydrogens (tertiary/aromatic N) is 2. The first-order valence-corrected chi connectivity index (χ1v) is 11.8. The van der Waals surface area contributed by atoms with Crippen LogP contribution in [0.25, 0.3) is 10.8 Å². The van der Waals surface area contributed by atoms with Gasteiger partial charge in [0, 0.05) is 41.8 Å². The number of anilines is 1. The van der Waals surface area contributed by atoms with Gasteiger partial charge in [-0.25, -0.2) is 4.79 Å². The molecule has 0 radical (unpaired) electrons. The Balaban J connectivity index is 1.51. The largest absolute Gasteiger partial charge is 0.450 e. The van der Waals surface area contributed by atoms with Gasteiger partial charge in [-0.1, -0.05) is 35.4 Å². The zero-order valence-corrected chi connectivity index (χ0v) is 20.0. The summed E-state index contributed by atoms with van der Waals surface area (Å²) in [5.74, 6) is -0.118. The van der Waals surface area contributed by atoms with E-state index < -0.39 is 0 Å². The first kappa shape index (κ1) is 23.5. The maximum atomic E-state index is 13.3. The Kier molecular flexibility index (Phi) is 7.01. The smallest absolute Gasteiger partial charge is 0.409 e. The van der Waals surface area contributed by atoms with Crippen LogP contribution in [0.1, 0.15) is 42.5 Å². The molecule has 0 atom stereocenters. The first-order chi connectivity index (χ1) is 16.4. The summed E-state index contributed by atoms with van der Waals surface area (Å²) in [6.07, 6.45) is 3.16. The van der Waals surface area contributed by atoms with Gasteiger partial charge < -0.3 is 19.5 Å². The van der Waals surface area contributed by atoms with E-state index in [0.29, 0.717) is 43.6 Å². The number of pyridine rings is 1. The lowest BCUT2D eigenvalue weighted by atomic mass is 10.0. The summed E-state index contributed by atoms with van der Waals surface area (Å²) >= 11 is 0. The number of carbonyl (C=O) groups excluding carboxylic acids is 2. The fraction of sp³-hybridized carbons (Fsp3) is 0.370. The summed E-state index contributed by atoms with van der Waals surface area (Å²) in [4.78, 5) is 39.7. The molecule has 3 aromatic rings. The van der Waals surface area contributed by atoms with Crippen molar-refractivity contribution in [1.82, 2.24) is 9.47 Å². The summed E-state index contributed by atoms with van der Waals surface area (Å²) in [6.45, 7) is 7.30. The number of hydrogen-bond acceptors (Lipinski definition) is 4. The van der Waals surface area contributed by atoms with E-state index >= 15 is 0 Å². The van der Waals surface area contributed by atoms with E-state index in [2.05, 4.69) is 11.4 Å². The number of rotatable bonds is 5. The molecule has 1 N–H and O–H groups in total. The fourth-order valence-electron chi connectivity index (χ4n) is 4.78. The average Bonchev–Trinajstić information content (AvgIpc) is 2.79. The highest BCUT2D eigenvalue weighted by molar-refractivity contribution is 6.02. The maximum absolute atomic E-state index is 13.3. The second kappa shape index (κ2) is 10.1. The summed E-state index contributed by atoms with van der Waals surface area (Å²) in [6, 6.07) is 13.4. The number of carbonyl (C=O) groups is 2. The molecule has 7 heteroatoms. The van der Waals surface area contributed by atoms with Gasteiger partial charge in [0.1, 0.15) is 0 Å². The maximum Gasteiger partial charge on any atom is 0.409 e. The van der Waals surface area contributed by atoms with Crippen molar-refractivity contribution < 1.29 is 14.3 Å². The second-order valence-corrected chi connectivity index (χ2v) is 8.93. The molecular weight excluding hydrogens is 430 g/mol. The third kappa shape index (κ3) is 5.14. The minimum absolute atomic E-state index is 0.0189. The molecule has 1 fully saturated rings. The van der Waals surface area contributed by atoms with Crippen LogP contribution in [-0.2, 0) is 16.0 Å². The fourth-order valence-corrected chi connectivity index (χ4v) is 4.78. The molecule has 2 amide bonds. The van der Waals surface area contributed by atoms with Crippen LogP contribution in [0, 0.1) is 13.8 Å². The number of ether oxygens (including phenoxy) is 1. The Bertz CT molecular complexity index is 1250. The molecule has 7 nitrogen and oxygen atoms in total. The standard InChI is InChI=1S/C27H31N3O4/c1-4-34-27(33)29-11-8-21(9-12-29)30-13-10-22-23(26(30)32)6-5-7-24(22)28-25(31)17-20-15-18(2)14-19(3)16-20/h5-7,10,13-16,21H,4,8-9,11-12,17H2,1-3H3,(H,28,31). The van der Waals surface area contributed by atoms with Crippen molar-refractivity contribution in [3.63, 3.8) is 0 Å². The molecule has 0 aliphatic carbocycles. The van der Waals surface area contributed by atoms with Crippen LogP contribution in [-0.4, -0.2) is 41.2 Å². The minimum Gasteiger partial charge on any atom is -0.450 e. The number of benzene rings is 2. The SMILES string of the molecule is CCOC(=O)N1CCC(n2ccc3c(NC(=O)Cc4cc(C)cc(C)c4)cccc3c2=O)CC1. The number of piperidine rings is 1. The third-order valence-corrected chi connectivity index (χ3v) is 6.28. The Morgan fingerprint density at radius 1 is 1.03 bits per heavy atom. The third-order valence-electron chi connectivity index (χ3n) is 6.28. The van der Waals surface area contributed by atoms with E-state index in [1.54, 1.807) is 34.7 Å². The summed E-state index contributed by atoms with van der Waals surface area (Å²) < 4.78 is 6.84. The highest BCUT2D eigenvalue weighted by atomic mass is 16.6. The molecule has 0 spiro atoms. The van der Waals surface area contributed by atoms with Crippen LogP contribution in [0.15, 0.2) is 53.5 Å². The molecule has 2 heterocycles. The Morgan fingerprint density at radius 2 is 1.74 bits per heavy atom. The van der Waals surface area contributed by atoms with Crippen LogP contribution in [0.3, 0.4) is 0 Å². The van der Waals surface area contributed by atoms with Gasteiger partial charge in [0.2, 0.25) is 5.91 Å². The van der Waals surface area contributed by atoms with Gasteiger partial charge in [-0.15, -0.1) is 0 Å². The number of nitrogens with one attached hydrogen (secondary N) is 1. The molecule has 34 heavy (non-hydrogen) atoms. The van der Waals surface area contributed by atoms with Gasteiger partial charge in [-0.05, 0) is 57.4 Å². The van der Waals surface area contributed by atoms with Crippen molar-refractivity contribution >= 4 is 28.5 Å². The Hall–Kier alpha value is -3.61. The predicted octanol–water partition coefficient (Wildman–Crippen LogP) is 4.59. The van der Waals surface area contributed by atoms with Crippen molar-refractivity contribution in [2.45, 2.75) is 46.1 Å². The molecule has 1 aromatic heterocycles. The number of likely N-dealkylation sites (tertiary alicyclic amines) is 1. The molecule has 0 unspecified atom stereocenters. The highest BCUT2D eigenvalue weighted by Gasteiger charge is 2.25. The molecule has 0 saturated carbocycles. The van der Waals surface area contributed by atoms with E-state index in [0.717, 1.165) is 22.1 Å². The van der Waals surface area contributed by atoms with Crippen molar-refractivity contribution in [2.24, 2.45) is 0 Å². The molecule has 178 valence electrons. The van der Waals surface area contributed by atoms with Crippen molar-refractivity contribution in [2.75, 3.05) is 25.0 Å². The lowest BCUT2D eigenvalue weighted by Crippen LogP contribution is -2.41. The summed E-state index contributed by atoms with van der Waals surface area (Å²) in [5, 5.41) is 4.28. The van der Waals surface area contributed by atoms with Crippen molar-refractivity contribution in [3.05, 3.63) is 75.7 Å². The lowest BCUT2D eigenvalue weighted by molar-refractivity contribution is -0.115.